The zero-order valence-electron chi connectivity index (χ0n) is 23.1. The summed E-state index contributed by atoms with van der Waals surface area (Å²) in [6, 6.07) is 15.9. The van der Waals surface area contributed by atoms with E-state index in [4.69, 9.17) is 4.98 Å². The van der Waals surface area contributed by atoms with Gasteiger partial charge in [-0.2, -0.15) is 0 Å². The Morgan fingerprint density at radius 2 is 1.68 bits per heavy atom. The van der Waals surface area contributed by atoms with Crippen molar-refractivity contribution in [2.45, 2.75) is 29.7 Å². The lowest BCUT2D eigenvalue weighted by Gasteiger charge is -2.32. The second-order valence-electron chi connectivity index (χ2n) is 10.7. The van der Waals surface area contributed by atoms with E-state index in [0.29, 0.717) is 23.0 Å². The van der Waals surface area contributed by atoms with E-state index in [-0.39, 0.29) is 17.2 Å². The Kier molecular flexibility index (Phi) is 8.30. The van der Waals surface area contributed by atoms with Crippen molar-refractivity contribution in [1.82, 2.24) is 15.2 Å². The lowest BCUT2D eigenvalue weighted by atomic mass is 9.90. The summed E-state index contributed by atoms with van der Waals surface area (Å²) in [4.78, 5) is 19.2. The molecule has 9 nitrogen and oxygen atoms in total. The second kappa shape index (κ2) is 11.8. The van der Waals surface area contributed by atoms with Crippen molar-refractivity contribution < 1.29 is 21.6 Å². The van der Waals surface area contributed by atoms with Gasteiger partial charge in [0.15, 0.2) is 9.84 Å². The molecule has 5 rings (SSSR count). The minimum absolute atomic E-state index is 0.0872. The van der Waals surface area contributed by atoms with E-state index in [2.05, 4.69) is 22.8 Å². The quantitative estimate of drug-likeness (QED) is 0.355. The van der Waals surface area contributed by atoms with Gasteiger partial charge < -0.3 is 20.3 Å². The molecular weight excluding hydrogens is 560 g/mol. The van der Waals surface area contributed by atoms with E-state index >= 15 is 0 Å². The van der Waals surface area contributed by atoms with E-state index in [9.17, 15) is 21.6 Å². The number of pyridine rings is 1. The fraction of sp³-hybridized carbons (Fsp3) is 0.333. The summed E-state index contributed by atoms with van der Waals surface area (Å²) < 4.78 is 47.6. The van der Waals surface area contributed by atoms with E-state index in [0.717, 1.165) is 55.3 Å². The van der Waals surface area contributed by atoms with Crippen LogP contribution in [0.25, 0.3) is 17.3 Å². The Labute approximate surface area is 241 Å². The number of benzene rings is 2. The first-order valence-corrected chi connectivity index (χ1v) is 17.5. The van der Waals surface area contributed by atoms with Gasteiger partial charge in [0, 0.05) is 42.1 Å². The van der Waals surface area contributed by atoms with Crippen LogP contribution in [0.5, 0.6) is 0 Å². The van der Waals surface area contributed by atoms with Crippen molar-refractivity contribution in [2.75, 3.05) is 43.2 Å². The highest BCUT2D eigenvalue weighted by atomic mass is 32.2. The largest absolute Gasteiger partial charge is 0.363 e. The third-order valence-corrected chi connectivity index (χ3v) is 9.65. The summed E-state index contributed by atoms with van der Waals surface area (Å²) in [6.45, 7) is 2.18. The molecule has 1 aromatic heterocycles. The summed E-state index contributed by atoms with van der Waals surface area (Å²) in [5.74, 6) is 0.906. The van der Waals surface area contributed by atoms with E-state index in [1.165, 1.54) is 11.8 Å². The highest BCUT2D eigenvalue weighted by molar-refractivity contribution is 7.91. The highest BCUT2D eigenvalue weighted by Gasteiger charge is 2.29. The maximum absolute atomic E-state index is 12.4. The maximum Gasteiger partial charge on any atom is 0.175 e. The van der Waals surface area contributed by atoms with Gasteiger partial charge in [-0.05, 0) is 79.4 Å². The number of sulfone groups is 2. The third kappa shape index (κ3) is 6.86. The zero-order chi connectivity index (χ0) is 29.2. The number of aromatic nitrogens is 1. The van der Waals surface area contributed by atoms with Gasteiger partial charge in [-0.25, -0.2) is 21.8 Å². The Morgan fingerprint density at radius 3 is 2.29 bits per heavy atom. The number of fused-ring (bicyclic) bond motifs is 1. The molecule has 1 saturated heterocycles. The van der Waals surface area contributed by atoms with Gasteiger partial charge in [0.05, 0.1) is 16.3 Å². The van der Waals surface area contributed by atoms with Crippen molar-refractivity contribution in [3.05, 3.63) is 77.5 Å². The minimum Gasteiger partial charge on any atom is -0.363 e. The number of carbonyl (C=O) groups is 1. The van der Waals surface area contributed by atoms with E-state index < -0.39 is 25.7 Å². The van der Waals surface area contributed by atoms with Crippen LogP contribution in [0.15, 0.2) is 65.7 Å². The molecule has 2 aromatic carbocycles. The molecule has 1 unspecified atom stereocenters. The summed E-state index contributed by atoms with van der Waals surface area (Å²) in [6.07, 6.45) is 8.92. The second-order valence-corrected chi connectivity index (χ2v) is 15.0. The fourth-order valence-electron chi connectivity index (χ4n) is 5.34. The van der Waals surface area contributed by atoms with Crippen LogP contribution in [0.3, 0.4) is 0 Å². The van der Waals surface area contributed by atoms with Gasteiger partial charge >= 0.3 is 0 Å². The van der Waals surface area contributed by atoms with Gasteiger partial charge in [-0.1, -0.05) is 24.3 Å². The van der Waals surface area contributed by atoms with Crippen molar-refractivity contribution >= 4 is 43.5 Å². The summed E-state index contributed by atoms with van der Waals surface area (Å²) in [7, 11) is -6.58. The summed E-state index contributed by atoms with van der Waals surface area (Å²) >= 11 is 0. The van der Waals surface area contributed by atoms with Crippen molar-refractivity contribution in [1.29, 1.82) is 0 Å². The van der Waals surface area contributed by atoms with Gasteiger partial charge in [0.2, 0.25) is 0 Å². The zero-order valence-corrected chi connectivity index (χ0v) is 24.7. The molecular formula is C30H34N4O5S2. The van der Waals surface area contributed by atoms with Crippen LogP contribution in [-0.4, -0.2) is 70.9 Å². The van der Waals surface area contributed by atoms with Crippen LogP contribution in [-0.2, 0) is 24.5 Å². The molecule has 216 valence electrons. The van der Waals surface area contributed by atoms with E-state index in [1.54, 1.807) is 35.4 Å². The normalized spacial score (nSPS) is 17.7. The number of aldehydes is 1. The van der Waals surface area contributed by atoms with E-state index in [1.807, 2.05) is 24.3 Å². The van der Waals surface area contributed by atoms with Crippen LogP contribution >= 0.6 is 0 Å². The Bertz CT molecular complexity index is 1660. The molecule has 2 aliphatic heterocycles. The van der Waals surface area contributed by atoms with Crippen molar-refractivity contribution in [2.24, 2.45) is 0 Å². The van der Waals surface area contributed by atoms with Gasteiger partial charge in [0.1, 0.15) is 28.0 Å². The SMILES string of the molecule is CS(=O)(=O)CCN1C=Cc2cc(-c3ccc(S(C)(=O)=O)cc3)nc(Nc3ccc(C4CCNCC4)cc3)c2C1C=O. The molecule has 1 atom stereocenters. The number of hydrogen-bond donors (Lipinski definition) is 2. The number of piperidine rings is 1. The molecule has 0 spiro atoms. The highest BCUT2D eigenvalue weighted by Crippen LogP contribution is 2.38. The smallest absolute Gasteiger partial charge is 0.175 e. The standard InChI is InChI=1S/C30H34N4O5S2/c1-40(36,37)18-17-34-16-13-24-19-27(23-5-9-26(10-6-23)41(2,38)39)33-30(29(24)28(34)20-35)32-25-7-3-21(4-8-25)22-11-14-31-15-12-22/h3-10,13,16,19-20,22,28,31H,11-12,14-15,17-18H2,1-2H3,(H,32,33). The first-order valence-electron chi connectivity index (χ1n) is 13.5. The van der Waals surface area contributed by atoms with Gasteiger partial charge in [0.25, 0.3) is 0 Å². The molecule has 2 aliphatic rings. The number of anilines is 2. The average Bonchev–Trinajstić information content (AvgIpc) is 2.95. The molecule has 41 heavy (non-hydrogen) atoms. The first kappa shape index (κ1) is 29.0. The maximum atomic E-state index is 12.4. The number of carbonyl (C=O) groups excluding carboxylic acids is 1. The minimum atomic E-state index is -3.34. The molecule has 0 saturated carbocycles. The predicted molar refractivity (Wildman–Crippen MR) is 162 cm³/mol. The molecule has 3 heterocycles. The molecule has 0 aliphatic carbocycles. The molecule has 0 amide bonds. The fourth-order valence-corrected chi connectivity index (χ4v) is 6.51. The van der Waals surface area contributed by atoms with Crippen molar-refractivity contribution in [3.63, 3.8) is 0 Å². The van der Waals surface area contributed by atoms with Gasteiger partial charge in [-0.3, -0.25) is 0 Å². The molecule has 0 bridgehead atoms. The average molecular weight is 595 g/mol. The topological polar surface area (TPSA) is 126 Å². The van der Waals surface area contributed by atoms with Crippen LogP contribution in [0.2, 0.25) is 0 Å². The first-order chi connectivity index (χ1) is 19.5. The molecule has 3 aromatic rings. The molecule has 0 radical (unpaired) electrons. The third-order valence-electron chi connectivity index (χ3n) is 7.60. The van der Waals surface area contributed by atoms with Crippen LogP contribution in [0.1, 0.15) is 41.5 Å². The van der Waals surface area contributed by atoms with Crippen molar-refractivity contribution in [3.8, 4) is 11.3 Å². The molecule has 2 N–H and O–H groups in total. The Hall–Kier alpha value is -3.54. The Morgan fingerprint density at radius 1 is 1.00 bits per heavy atom. The Balaban J connectivity index is 1.53. The van der Waals surface area contributed by atoms with Crippen LogP contribution in [0.4, 0.5) is 11.5 Å². The van der Waals surface area contributed by atoms with Gasteiger partial charge in [-0.15, -0.1) is 0 Å². The number of nitrogens with one attached hydrogen (secondary N) is 2. The predicted octanol–water partition coefficient (Wildman–Crippen LogP) is 3.93. The number of rotatable bonds is 9. The molecule has 11 heteroatoms. The van der Waals surface area contributed by atoms with Crippen LogP contribution in [0, 0.1) is 0 Å². The number of hydrogen-bond acceptors (Lipinski definition) is 9. The monoisotopic (exact) mass is 594 g/mol. The lowest BCUT2D eigenvalue weighted by molar-refractivity contribution is -0.111. The van der Waals surface area contributed by atoms with Crippen LogP contribution < -0.4 is 10.6 Å². The summed E-state index contributed by atoms with van der Waals surface area (Å²) in [5, 5.41) is 6.80. The number of nitrogens with zero attached hydrogens (tertiary/aromatic N) is 2. The summed E-state index contributed by atoms with van der Waals surface area (Å²) in [5.41, 5.74) is 4.84. The molecule has 1 fully saturated rings. The lowest BCUT2D eigenvalue weighted by Crippen LogP contribution is -2.32.